The highest BCUT2D eigenvalue weighted by Gasteiger charge is 2.31. The van der Waals surface area contributed by atoms with E-state index < -0.39 is 0 Å². The van der Waals surface area contributed by atoms with Gasteiger partial charge in [-0.3, -0.25) is 0 Å². The van der Waals surface area contributed by atoms with Crippen LogP contribution >= 0.6 is 11.6 Å². The number of alkyl halides is 1. The lowest BCUT2D eigenvalue weighted by molar-refractivity contribution is -0.0164. The first kappa shape index (κ1) is 14.3. The maximum Gasteiger partial charge on any atom is 0.0534 e. The van der Waals surface area contributed by atoms with E-state index in [1.54, 1.807) is 0 Å². The molecule has 96 valence electrons. The van der Waals surface area contributed by atoms with Crippen LogP contribution in [0.2, 0.25) is 0 Å². The molecular weight excluding hydrogens is 224 g/mol. The van der Waals surface area contributed by atoms with E-state index in [4.69, 9.17) is 21.1 Å². The molecule has 1 rings (SSSR count). The lowest BCUT2D eigenvalue weighted by Crippen LogP contribution is -2.34. The third-order valence-corrected chi connectivity index (χ3v) is 3.87. The van der Waals surface area contributed by atoms with E-state index in [0.717, 1.165) is 51.6 Å². The largest absolute Gasteiger partial charge is 0.381 e. The Kier molecular flexibility index (Phi) is 6.71. The van der Waals surface area contributed by atoms with Crippen LogP contribution in [0.1, 0.15) is 39.5 Å². The Morgan fingerprint density at radius 1 is 1.38 bits per heavy atom. The molecule has 1 heterocycles. The van der Waals surface area contributed by atoms with Crippen LogP contribution in [0.3, 0.4) is 0 Å². The van der Waals surface area contributed by atoms with Gasteiger partial charge in [-0.25, -0.2) is 0 Å². The molecule has 0 aromatic heterocycles. The second kappa shape index (κ2) is 7.52. The fourth-order valence-electron chi connectivity index (χ4n) is 1.99. The molecule has 2 nitrogen and oxygen atoms in total. The maximum atomic E-state index is 6.06. The van der Waals surface area contributed by atoms with Gasteiger partial charge in [-0.1, -0.05) is 13.8 Å². The van der Waals surface area contributed by atoms with E-state index in [1.165, 1.54) is 6.42 Å². The SMILES string of the molecule is CC(C)CCOCCC1(CCl)CCCOC1. The van der Waals surface area contributed by atoms with Crippen molar-refractivity contribution in [3.05, 3.63) is 0 Å². The fourth-order valence-corrected chi connectivity index (χ4v) is 2.33. The summed E-state index contributed by atoms with van der Waals surface area (Å²) in [5.41, 5.74) is 0.178. The molecule has 0 spiro atoms. The van der Waals surface area contributed by atoms with Gasteiger partial charge in [-0.05, 0) is 31.6 Å². The summed E-state index contributed by atoms with van der Waals surface area (Å²) in [6.45, 7) is 7.84. The lowest BCUT2D eigenvalue weighted by atomic mass is 9.82. The second-order valence-electron chi connectivity index (χ2n) is 5.33. The molecule has 1 saturated heterocycles. The van der Waals surface area contributed by atoms with E-state index in [2.05, 4.69) is 13.8 Å². The first-order chi connectivity index (χ1) is 7.68. The molecule has 0 radical (unpaired) electrons. The first-order valence-corrected chi connectivity index (χ1v) is 6.93. The Morgan fingerprint density at radius 2 is 2.19 bits per heavy atom. The zero-order valence-corrected chi connectivity index (χ0v) is 11.4. The third kappa shape index (κ3) is 5.03. The van der Waals surface area contributed by atoms with Gasteiger partial charge in [0.15, 0.2) is 0 Å². The minimum absolute atomic E-state index is 0.178. The van der Waals surface area contributed by atoms with Gasteiger partial charge in [-0.2, -0.15) is 0 Å². The summed E-state index contributed by atoms with van der Waals surface area (Å²) in [6, 6.07) is 0. The summed E-state index contributed by atoms with van der Waals surface area (Å²) in [7, 11) is 0. The molecule has 1 aliphatic rings. The molecule has 0 amide bonds. The Balaban J connectivity index is 2.13. The van der Waals surface area contributed by atoms with Gasteiger partial charge < -0.3 is 9.47 Å². The molecule has 0 aromatic carbocycles. The highest BCUT2D eigenvalue weighted by atomic mass is 35.5. The second-order valence-corrected chi connectivity index (χ2v) is 5.60. The predicted octanol–water partition coefficient (Wildman–Crippen LogP) is 3.47. The van der Waals surface area contributed by atoms with Crippen molar-refractivity contribution in [2.75, 3.05) is 32.3 Å². The van der Waals surface area contributed by atoms with Gasteiger partial charge in [0.1, 0.15) is 0 Å². The minimum Gasteiger partial charge on any atom is -0.381 e. The van der Waals surface area contributed by atoms with Crippen molar-refractivity contribution in [2.45, 2.75) is 39.5 Å². The van der Waals surface area contributed by atoms with Crippen LogP contribution in [-0.4, -0.2) is 32.3 Å². The number of hydrogen-bond donors (Lipinski definition) is 0. The molecule has 3 heteroatoms. The zero-order chi connectivity index (χ0) is 11.9. The van der Waals surface area contributed by atoms with E-state index in [1.807, 2.05) is 0 Å². The maximum absolute atomic E-state index is 6.06. The molecule has 1 fully saturated rings. The van der Waals surface area contributed by atoms with Gasteiger partial charge in [0.05, 0.1) is 6.61 Å². The monoisotopic (exact) mass is 248 g/mol. The zero-order valence-electron chi connectivity index (χ0n) is 10.6. The molecule has 1 atom stereocenters. The molecule has 0 bridgehead atoms. The van der Waals surface area contributed by atoms with Crippen molar-refractivity contribution in [1.82, 2.24) is 0 Å². The highest BCUT2D eigenvalue weighted by molar-refractivity contribution is 6.18. The number of ether oxygens (including phenoxy) is 2. The smallest absolute Gasteiger partial charge is 0.0534 e. The Morgan fingerprint density at radius 3 is 2.75 bits per heavy atom. The summed E-state index contributed by atoms with van der Waals surface area (Å²) in [6.07, 6.45) is 4.50. The molecular formula is C13H25ClO2. The van der Waals surface area contributed by atoms with Crippen molar-refractivity contribution in [1.29, 1.82) is 0 Å². The molecule has 16 heavy (non-hydrogen) atoms. The van der Waals surface area contributed by atoms with E-state index in [-0.39, 0.29) is 5.41 Å². The number of rotatable bonds is 7. The van der Waals surface area contributed by atoms with Crippen LogP contribution < -0.4 is 0 Å². The third-order valence-electron chi connectivity index (χ3n) is 3.30. The van der Waals surface area contributed by atoms with Crippen LogP contribution in [0.4, 0.5) is 0 Å². The van der Waals surface area contributed by atoms with E-state index in [9.17, 15) is 0 Å². The van der Waals surface area contributed by atoms with Crippen molar-refractivity contribution in [3.8, 4) is 0 Å². The Bertz CT molecular complexity index is 177. The summed E-state index contributed by atoms with van der Waals surface area (Å²) < 4.78 is 11.2. The summed E-state index contributed by atoms with van der Waals surface area (Å²) in [5, 5.41) is 0. The molecule has 1 unspecified atom stereocenters. The van der Waals surface area contributed by atoms with Crippen molar-refractivity contribution in [3.63, 3.8) is 0 Å². The quantitative estimate of drug-likeness (QED) is 0.507. The molecule has 0 N–H and O–H groups in total. The van der Waals surface area contributed by atoms with Gasteiger partial charge in [0, 0.05) is 31.1 Å². The van der Waals surface area contributed by atoms with Crippen molar-refractivity contribution in [2.24, 2.45) is 11.3 Å². The Hall–Kier alpha value is 0.210. The topological polar surface area (TPSA) is 18.5 Å². The van der Waals surface area contributed by atoms with Crippen molar-refractivity contribution >= 4 is 11.6 Å². The fraction of sp³-hybridized carbons (Fsp3) is 1.00. The Labute approximate surface area is 105 Å². The van der Waals surface area contributed by atoms with Crippen molar-refractivity contribution < 1.29 is 9.47 Å². The molecule has 0 aliphatic carbocycles. The molecule has 0 saturated carbocycles. The van der Waals surface area contributed by atoms with Crippen LogP contribution in [0.25, 0.3) is 0 Å². The average molecular weight is 249 g/mol. The van der Waals surface area contributed by atoms with Crippen LogP contribution in [-0.2, 0) is 9.47 Å². The molecule has 1 aliphatic heterocycles. The molecule has 0 aromatic rings. The number of halogens is 1. The van der Waals surface area contributed by atoms with E-state index in [0.29, 0.717) is 5.88 Å². The van der Waals surface area contributed by atoms with Crippen LogP contribution in [0.5, 0.6) is 0 Å². The lowest BCUT2D eigenvalue weighted by Gasteiger charge is -2.35. The van der Waals surface area contributed by atoms with Crippen LogP contribution in [0.15, 0.2) is 0 Å². The average Bonchev–Trinajstić information content (AvgIpc) is 2.29. The summed E-state index contributed by atoms with van der Waals surface area (Å²) >= 11 is 6.06. The first-order valence-electron chi connectivity index (χ1n) is 6.40. The summed E-state index contributed by atoms with van der Waals surface area (Å²) in [4.78, 5) is 0. The number of hydrogen-bond acceptors (Lipinski definition) is 2. The van der Waals surface area contributed by atoms with Gasteiger partial charge in [0.25, 0.3) is 0 Å². The standard InChI is InChI=1S/C13H25ClO2/c1-12(2)4-8-15-9-6-13(10-14)5-3-7-16-11-13/h12H,3-11H2,1-2H3. The van der Waals surface area contributed by atoms with E-state index >= 15 is 0 Å². The van der Waals surface area contributed by atoms with Gasteiger partial charge in [0.2, 0.25) is 0 Å². The predicted molar refractivity (Wildman–Crippen MR) is 68.1 cm³/mol. The van der Waals surface area contributed by atoms with Gasteiger partial charge >= 0.3 is 0 Å². The van der Waals surface area contributed by atoms with Gasteiger partial charge in [-0.15, -0.1) is 11.6 Å². The normalized spacial score (nSPS) is 26.2. The minimum atomic E-state index is 0.178. The highest BCUT2D eigenvalue weighted by Crippen LogP contribution is 2.33. The van der Waals surface area contributed by atoms with Crippen LogP contribution in [0, 0.1) is 11.3 Å². The summed E-state index contributed by atoms with van der Waals surface area (Å²) in [5.74, 6) is 1.42.